The van der Waals surface area contributed by atoms with Gasteiger partial charge >= 0.3 is 0 Å². The summed E-state index contributed by atoms with van der Waals surface area (Å²) in [7, 11) is 0. The van der Waals surface area contributed by atoms with E-state index in [0.717, 1.165) is 21.8 Å². The van der Waals surface area contributed by atoms with E-state index < -0.39 is 0 Å². The van der Waals surface area contributed by atoms with Crippen LogP contribution in [0.3, 0.4) is 0 Å². The normalized spacial score (nSPS) is 11.3. The molecule has 0 bridgehead atoms. The summed E-state index contributed by atoms with van der Waals surface area (Å²) in [6.45, 7) is 4.18. The van der Waals surface area contributed by atoms with Gasteiger partial charge in [0, 0.05) is 16.0 Å². The van der Waals surface area contributed by atoms with Gasteiger partial charge in [-0.15, -0.1) is 11.3 Å². The number of halogens is 1. The maximum atomic E-state index is 9.48. The van der Waals surface area contributed by atoms with E-state index in [0.29, 0.717) is 10.6 Å². The molecule has 0 unspecified atom stereocenters. The molecule has 0 saturated carbocycles. The number of allylic oxidation sites excluding steroid dienone is 1. The van der Waals surface area contributed by atoms with Crippen molar-refractivity contribution in [3.05, 3.63) is 74.6 Å². The standard InChI is InChI=1S/C20H15ClN2S/c1-13-3-6-16(9-14(13)2)19-12-24-20(23-19)17(11-22)10-15-4-7-18(21)8-5-15/h3-10,12H,1-2H3. The summed E-state index contributed by atoms with van der Waals surface area (Å²) in [6, 6.07) is 15.9. The van der Waals surface area contributed by atoms with Gasteiger partial charge in [-0.05, 0) is 54.8 Å². The van der Waals surface area contributed by atoms with Crippen molar-refractivity contribution in [3.63, 3.8) is 0 Å². The molecule has 3 rings (SSSR count). The first-order valence-electron chi connectivity index (χ1n) is 7.48. The van der Waals surface area contributed by atoms with Crippen molar-refractivity contribution < 1.29 is 0 Å². The average molecular weight is 351 g/mol. The third kappa shape index (κ3) is 3.56. The zero-order valence-corrected chi connectivity index (χ0v) is 14.9. The molecule has 0 amide bonds. The molecule has 0 aliphatic carbocycles. The molecule has 0 radical (unpaired) electrons. The molecule has 0 atom stereocenters. The number of rotatable bonds is 3. The van der Waals surface area contributed by atoms with Gasteiger partial charge in [-0.3, -0.25) is 0 Å². The number of aryl methyl sites for hydroxylation is 2. The molecule has 3 aromatic rings. The Labute approximate surface area is 150 Å². The Morgan fingerprint density at radius 1 is 1.12 bits per heavy atom. The third-order valence-corrected chi connectivity index (χ3v) is 4.97. The van der Waals surface area contributed by atoms with Crippen molar-refractivity contribution >= 4 is 34.6 Å². The first-order chi connectivity index (χ1) is 11.6. The van der Waals surface area contributed by atoms with Crippen LogP contribution in [0.25, 0.3) is 22.9 Å². The Kier molecular flexibility index (Phi) is 4.80. The molecule has 4 heteroatoms. The van der Waals surface area contributed by atoms with Gasteiger partial charge in [-0.2, -0.15) is 5.26 Å². The van der Waals surface area contributed by atoms with Crippen molar-refractivity contribution in [2.24, 2.45) is 0 Å². The fourth-order valence-corrected chi connectivity index (χ4v) is 3.22. The van der Waals surface area contributed by atoms with Gasteiger partial charge in [0.25, 0.3) is 0 Å². The van der Waals surface area contributed by atoms with Crippen molar-refractivity contribution in [3.8, 4) is 17.3 Å². The topological polar surface area (TPSA) is 36.7 Å². The summed E-state index contributed by atoms with van der Waals surface area (Å²) < 4.78 is 0. The molecular formula is C20H15ClN2S. The summed E-state index contributed by atoms with van der Waals surface area (Å²) in [6.07, 6.45) is 1.83. The average Bonchev–Trinajstić information content (AvgIpc) is 3.06. The van der Waals surface area contributed by atoms with Crippen molar-refractivity contribution in [2.75, 3.05) is 0 Å². The molecular weight excluding hydrogens is 336 g/mol. The summed E-state index contributed by atoms with van der Waals surface area (Å²) >= 11 is 7.38. The predicted octanol–water partition coefficient (Wildman–Crippen LogP) is 6.14. The zero-order valence-electron chi connectivity index (χ0n) is 13.4. The number of hydrogen-bond acceptors (Lipinski definition) is 3. The van der Waals surface area contributed by atoms with Crippen LogP contribution < -0.4 is 0 Å². The van der Waals surface area contributed by atoms with Gasteiger partial charge < -0.3 is 0 Å². The van der Waals surface area contributed by atoms with E-state index in [-0.39, 0.29) is 0 Å². The molecule has 0 aliphatic heterocycles. The van der Waals surface area contributed by atoms with E-state index in [9.17, 15) is 5.26 Å². The van der Waals surface area contributed by atoms with Crippen molar-refractivity contribution in [1.82, 2.24) is 4.98 Å². The van der Waals surface area contributed by atoms with Crippen LogP contribution >= 0.6 is 22.9 Å². The second kappa shape index (κ2) is 7.00. The van der Waals surface area contributed by atoms with Gasteiger partial charge in [-0.25, -0.2) is 4.98 Å². The van der Waals surface area contributed by atoms with Crippen LogP contribution in [-0.4, -0.2) is 4.98 Å². The Bertz CT molecular complexity index is 947. The van der Waals surface area contributed by atoms with E-state index in [1.54, 1.807) is 0 Å². The quantitative estimate of drug-likeness (QED) is 0.531. The molecule has 118 valence electrons. The van der Waals surface area contributed by atoms with Gasteiger partial charge in [0.2, 0.25) is 0 Å². The Balaban J connectivity index is 1.94. The molecule has 1 aromatic heterocycles. The first kappa shape index (κ1) is 16.4. The zero-order chi connectivity index (χ0) is 17.1. The van der Waals surface area contributed by atoms with Gasteiger partial charge in [-0.1, -0.05) is 35.9 Å². The predicted molar refractivity (Wildman–Crippen MR) is 102 cm³/mol. The lowest BCUT2D eigenvalue weighted by Crippen LogP contribution is -1.85. The molecule has 1 heterocycles. The fourth-order valence-electron chi connectivity index (χ4n) is 2.30. The van der Waals surface area contributed by atoms with E-state index in [1.165, 1.54) is 22.5 Å². The maximum absolute atomic E-state index is 9.48. The van der Waals surface area contributed by atoms with Crippen LogP contribution in [0.4, 0.5) is 0 Å². The summed E-state index contributed by atoms with van der Waals surface area (Å²) in [5, 5.41) is 12.9. The van der Waals surface area contributed by atoms with Gasteiger partial charge in [0.05, 0.1) is 11.3 Å². The van der Waals surface area contributed by atoms with E-state index in [2.05, 4.69) is 43.1 Å². The van der Waals surface area contributed by atoms with Crippen LogP contribution in [0, 0.1) is 25.2 Å². The van der Waals surface area contributed by atoms with Crippen LogP contribution in [0.1, 0.15) is 21.7 Å². The second-order valence-corrected chi connectivity index (χ2v) is 6.85. The van der Waals surface area contributed by atoms with Crippen molar-refractivity contribution in [1.29, 1.82) is 5.26 Å². The maximum Gasteiger partial charge on any atom is 0.134 e. The minimum Gasteiger partial charge on any atom is -0.235 e. The summed E-state index contributed by atoms with van der Waals surface area (Å²) in [5.41, 5.74) is 5.95. The van der Waals surface area contributed by atoms with Crippen molar-refractivity contribution in [2.45, 2.75) is 13.8 Å². The van der Waals surface area contributed by atoms with Crippen LogP contribution in [0.2, 0.25) is 5.02 Å². The van der Waals surface area contributed by atoms with Crippen LogP contribution in [0.15, 0.2) is 47.8 Å². The summed E-state index contributed by atoms with van der Waals surface area (Å²) in [4.78, 5) is 4.64. The van der Waals surface area contributed by atoms with Crippen LogP contribution in [0.5, 0.6) is 0 Å². The Hall–Kier alpha value is -2.41. The molecule has 0 saturated heterocycles. The lowest BCUT2D eigenvalue weighted by Gasteiger charge is -2.02. The van der Waals surface area contributed by atoms with E-state index in [1.807, 2.05) is 35.7 Å². The number of hydrogen-bond donors (Lipinski definition) is 0. The second-order valence-electron chi connectivity index (χ2n) is 5.56. The fraction of sp³-hybridized carbons (Fsp3) is 0.100. The number of benzene rings is 2. The summed E-state index contributed by atoms with van der Waals surface area (Å²) in [5.74, 6) is 0. The minimum absolute atomic E-state index is 0.553. The molecule has 0 aliphatic rings. The van der Waals surface area contributed by atoms with Gasteiger partial charge in [0.1, 0.15) is 11.1 Å². The molecule has 2 nitrogen and oxygen atoms in total. The lowest BCUT2D eigenvalue weighted by molar-refractivity contribution is 1.32. The highest BCUT2D eigenvalue weighted by Gasteiger charge is 2.09. The Morgan fingerprint density at radius 2 is 1.88 bits per heavy atom. The Morgan fingerprint density at radius 3 is 2.54 bits per heavy atom. The highest BCUT2D eigenvalue weighted by atomic mass is 35.5. The SMILES string of the molecule is Cc1ccc(-c2csc(C(C#N)=Cc3ccc(Cl)cc3)n2)cc1C. The monoisotopic (exact) mass is 350 g/mol. The minimum atomic E-state index is 0.553. The highest BCUT2D eigenvalue weighted by Crippen LogP contribution is 2.28. The molecule has 0 fully saturated rings. The smallest absolute Gasteiger partial charge is 0.134 e. The molecule has 24 heavy (non-hydrogen) atoms. The molecule has 2 aromatic carbocycles. The first-order valence-corrected chi connectivity index (χ1v) is 8.73. The number of nitriles is 1. The molecule has 0 spiro atoms. The molecule has 0 N–H and O–H groups in total. The number of aromatic nitrogens is 1. The lowest BCUT2D eigenvalue weighted by atomic mass is 10.1. The van der Waals surface area contributed by atoms with E-state index in [4.69, 9.17) is 11.6 Å². The largest absolute Gasteiger partial charge is 0.235 e. The van der Waals surface area contributed by atoms with Crippen LogP contribution in [-0.2, 0) is 0 Å². The van der Waals surface area contributed by atoms with Gasteiger partial charge in [0.15, 0.2) is 0 Å². The number of nitrogens with zero attached hydrogens (tertiary/aromatic N) is 2. The van der Waals surface area contributed by atoms with E-state index >= 15 is 0 Å². The third-order valence-electron chi connectivity index (χ3n) is 3.84. The highest BCUT2D eigenvalue weighted by molar-refractivity contribution is 7.11. The number of thiazole rings is 1.